The van der Waals surface area contributed by atoms with Gasteiger partial charge < -0.3 is 9.67 Å². The van der Waals surface area contributed by atoms with Gasteiger partial charge >= 0.3 is 5.97 Å². The molecule has 0 radical (unpaired) electrons. The van der Waals surface area contributed by atoms with Crippen molar-refractivity contribution in [2.45, 2.75) is 32.7 Å². The summed E-state index contributed by atoms with van der Waals surface area (Å²) in [4.78, 5) is 15.9. The predicted molar refractivity (Wildman–Crippen MR) is 92.5 cm³/mol. The van der Waals surface area contributed by atoms with E-state index in [1.165, 1.54) is 5.69 Å². The van der Waals surface area contributed by atoms with Crippen LogP contribution >= 0.6 is 11.3 Å². The van der Waals surface area contributed by atoms with Crippen molar-refractivity contribution in [2.24, 2.45) is 0 Å². The maximum atomic E-state index is 11.2. The van der Waals surface area contributed by atoms with Crippen molar-refractivity contribution in [1.29, 1.82) is 5.26 Å². The quantitative estimate of drug-likeness (QED) is 0.762. The fourth-order valence-electron chi connectivity index (χ4n) is 3.54. The lowest BCUT2D eigenvalue weighted by Crippen LogP contribution is -2.00. The minimum Gasteiger partial charge on any atom is -0.477 e. The van der Waals surface area contributed by atoms with Crippen LogP contribution in [0.1, 0.15) is 46.0 Å². The van der Waals surface area contributed by atoms with Crippen molar-refractivity contribution < 1.29 is 9.90 Å². The molecule has 1 aliphatic heterocycles. The fourth-order valence-corrected chi connectivity index (χ4v) is 4.43. The summed E-state index contributed by atoms with van der Waals surface area (Å²) in [5.74, 6) is -0.963. The topological polar surface area (TPSA) is 78.9 Å². The summed E-state index contributed by atoms with van der Waals surface area (Å²) in [7, 11) is 0. The van der Waals surface area contributed by atoms with Crippen molar-refractivity contribution in [3.63, 3.8) is 0 Å². The highest BCUT2D eigenvalue weighted by Crippen LogP contribution is 2.38. The predicted octanol–water partition coefficient (Wildman–Crippen LogP) is 4.15. The molecule has 1 aliphatic rings. The second kappa shape index (κ2) is 5.18. The van der Waals surface area contributed by atoms with Crippen LogP contribution in [0.4, 0.5) is 0 Å². The van der Waals surface area contributed by atoms with E-state index in [0.717, 1.165) is 40.6 Å². The van der Waals surface area contributed by atoms with Gasteiger partial charge in [0.1, 0.15) is 16.0 Å². The first-order chi connectivity index (χ1) is 11.5. The standard InChI is InChI=1S/C18H15N3O2S/c1-9-3-4-14-7-11-5-12(6-13(8-19)15(11)21(9)14)17-20-10(2)16(24-17)18(22)23/h5-7,9H,3-4H2,1-2H3,(H,22,23)/t9-/m0/s1. The Kier molecular flexibility index (Phi) is 3.22. The minimum absolute atomic E-state index is 0.247. The van der Waals surface area contributed by atoms with Gasteiger partial charge in [-0.1, -0.05) is 0 Å². The second-order valence-corrected chi connectivity index (χ2v) is 7.20. The highest BCUT2D eigenvalue weighted by atomic mass is 32.1. The number of aromatic nitrogens is 2. The smallest absolute Gasteiger partial charge is 0.347 e. The summed E-state index contributed by atoms with van der Waals surface area (Å²) < 4.78 is 2.26. The average Bonchev–Trinajstić information content (AvgIpc) is 3.20. The lowest BCUT2D eigenvalue weighted by atomic mass is 10.1. The summed E-state index contributed by atoms with van der Waals surface area (Å²) >= 11 is 1.15. The first kappa shape index (κ1) is 14.9. The maximum absolute atomic E-state index is 11.2. The van der Waals surface area contributed by atoms with Crippen molar-refractivity contribution in [1.82, 2.24) is 9.55 Å². The molecule has 4 rings (SSSR count). The summed E-state index contributed by atoms with van der Waals surface area (Å²) in [5.41, 5.74) is 4.17. The molecule has 1 aromatic carbocycles. The van der Waals surface area contributed by atoms with E-state index in [9.17, 15) is 15.2 Å². The van der Waals surface area contributed by atoms with Crippen LogP contribution < -0.4 is 0 Å². The van der Waals surface area contributed by atoms with E-state index in [1.54, 1.807) is 6.92 Å². The number of thiazole rings is 1. The molecule has 5 nitrogen and oxygen atoms in total. The van der Waals surface area contributed by atoms with Crippen molar-refractivity contribution in [3.8, 4) is 16.6 Å². The zero-order valence-corrected chi connectivity index (χ0v) is 14.1. The van der Waals surface area contributed by atoms with Gasteiger partial charge in [0.15, 0.2) is 0 Å². The van der Waals surface area contributed by atoms with E-state index in [-0.39, 0.29) is 4.88 Å². The number of nitriles is 1. The number of carboxylic acid groups (broad SMARTS) is 1. The lowest BCUT2D eigenvalue weighted by molar-refractivity contribution is 0.0701. The van der Waals surface area contributed by atoms with E-state index in [2.05, 4.69) is 28.6 Å². The van der Waals surface area contributed by atoms with Gasteiger partial charge in [-0.25, -0.2) is 9.78 Å². The first-order valence-corrected chi connectivity index (χ1v) is 8.60. The number of rotatable bonds is 2. The number of carbonyl (C=O) groups is 1. The maximum Gasteiger partial charge on any atom is 0.347 e. The SMILES string of the molecule is Cc1nc(-c2cc(C#N)c3c(c2)cc2n3[C@@H](C)CC2)sc1C(=O)O. The Hall–Kier alpha value is -2.65. The van der Waals surface area contributed by atoms with Gasteiger partial charge in [-0.15, -0.1) is 11.3 Å². The molecule has 2 aromatic heterocycles. The Morgan fingerprint density at radius 2 is 2.25 bits per heavy atom. The molecular weight excluding hydrogens is 322 g/mol. The van der Waals surface area contributed by atoms with Gasteiger partial charge in [0.2, 0.25) is 0 Å². The van der Waals surface area contributed by atoms with Crippen LogP contribution in [0.5, 0.6) is 0 Å². The van der Waals surface area contributed by atoms with Gasteiger partial charge in [-0.3, -0.25) is 0 Å². The minimum atomic E-state index is -0.963. The number of nitrogens with zero attached hydrogens (tertiary/aromatic N) is 3. The highest BCUT2D eigenvalue weighted by molar-refractivity contribution is 7.17. The zero-order valence-electron chi connectivity index (χ0n) is 13.3. The molecule has 0 saturated carbocycles. The third kappa shape index (κ3) is 2.05. The van der Waals surface area contributed by atoms with Gasteiger partial charge in [-0.2, -0.15) is 5.26 Å². The van der Waals surface area contributed by atoms with Crippen LogP contribution in [0, 0.1) is 18.3 Å². The number of aryl methyl sites for hydroxylation is 2. The Morgan fingerprint density at radius 3 is 2.92 bits per heavy atom. The summed E-state index contributed by atoms with van der Waals surface area (Å²) in [6.07, 6.45) is 2.13. The summed E-state index contributed by atoms with van der Waals surface area (Å²) in [6, 6.07) is 8.68. The molecule has 24 heavy (non-hydrogen) atoms. The van der Waals surface area contributed by atoms with E-state index >= 15 is 0 Å². The Labute approximate surface area is 142 Å². The molecule has 0 bridgehead atoms. The zero-order chi connectivity index (χ0) is 17.0. The fraction of sp³-hybridized carbons (Fsp3) is 0.278. The van der Waals surface area contributed by atoms with E-state index < -0.39 is 5.97 Å². The molecule has 0 saturated heterocycles. The molecule has 0 fully saturated rings. The third-order valence-corrected chi connectivity index (χ3v) is 5.82. The first-order valence-electron chi connectivity index (χ1n) is 7.78. The third-order valence-electron chi connectivity index (χ3n) is 4.63. The van der Waals surface area contributed by atoms with Gasteiger partial charge in [0.05, 0.1) is 16.8 Å². The molecule has 3 aromatic rings. The van der Waals surface area contributed by atoms with Crippen LogP contribution in [0.3, 0.4) is 0 Å². The number of aromatic carboxylic acids is 1. The Morgan fingerprint density at radius 1 is 1.46 bits per heavy atom. The summed E-state index contributed by atoms with van der Waals surface area (Å²) in [5, 5.41) is 20.5. The Balaban J connectivity index is 1.95. The van der Waals surface area contributed by atoms with E-state index in [0.29, 0.717) is 22.3 Å². The van der Waals surface area contributed by atoms with Crippen molar-refractivity contribution in [2.75, 3.05) is 0 Å². The lowest BCUT2D eigenvalue weighted by Gasteiger charge is -2.10. The number of fused-ring (bicyclic) bond motifs is 3. The van der Waals surface area contributed by atoms with Crippen LogP contribution in [-0.2, 0) is 6.42 Å². The summed E-state index contributed by atoms with van der Waals surface area (Å²) in [6.45, 7) is 3.87. The molecule has 0 aliphatic carbocycles. The normalized spacial score (nSPS) is 16.3. The number of carboxylic acids is 1. The number of hydrogen-bond donors (Lipinski definition) is 1. The molecule has 6 heteroatoms. The van der Waals surface area contributed by atoms with Gasteiger partial charge in [-0.05, 0) is 44.9 Å². The number of benzene rings is 1. The molecule has 1 N–H and O–H groups in total. The van der Waals surface area contributed by atoms with Crippen LogP contribution in [0.2, 0.25) is 0 Å². The van der Waals surface area contributed by atoms with Gasteiger partial charge in [0, 0.05) is 22.7 Å². The Bertz CT molecular complexity index is 1040. The second-order valence-electron chi connectivity index (χ2n) is 6.21. The van der Waals surface area contributed by atoms with Crippen LogP contribution in [0.15, 0.2) is 18.2 Å². The van der Waals surface area contributed by atoms with E-state index in [1.807, 2.05) is 12.1 Å². The average molecular weight is 337 g/mol. The monoisotopic (exact) mass is 337 g/mol. The molecule has 0 unspecified atom stereocenters. The molecule has 0 spiro atoms. The van der Waals surface area contributed by atoms with Crippen LogP contribution in [0.25, 0.3) is 21.5 Å². The largest absolute Gasteiger partial charge is 0.477 e. The van der Waals surface area contributed by atoms with E-state index in [4.69, 9.17) is 0 Å². The molecule has 120 valence electrons. The molecule has 3 heterocycles. The molecule has 0 amide bonds. The molecule has 1 atom stereocenters. The highest BCUT2D eigenvalue weighted by Gasteiger charge is 2.24. The van der Waals surface area contributed by atoms with Crippen molar-refractivity contribution >= 4 is 28.2 Å². The van der Waals surface area contributed by atoms with Crippen LogP contribution in [-0.4, -0.2) is 20.6 Å². The number of hydrogen-bond acceptors (Lipinski definition) is 4. The molecular formula is C18H15N3O2S. The van der Waals surface area contributed by atoms with Crippen molar-refractivity contribution in [3.05, 3.63) is 40.0 Å². The van der Waals surface area contributed by atoms with Gasteiger partial charge in [0.25, 0.3) is 0 Å².